The molecule has 2 aromatic heterocycles. The maximum absolute atomic E-state index is 11.7. The zero-order valence-electron chi connectivity index (χ0n) is 10.3. The lowest BCUT2D eigenvalue weighted by atomic mass is 10.5. The number of nitro groups is 2. The molecule has 0 bridgehead atoms. The first kappa shape index (κ1) is 15.9. The highest BCUT2D eigenvalue weighted by Crippen LogP contribution is 2.44. The first-order chi connectivity index (χ1) is 10.3. The van der Waals surface area contributed by atoms with Crippen LogP contribution < -0.4 is 20.5 Å². The number of hydrogen-bond donors (Lipinski definition) is 2. The summed E-state index contributed by atoms with van der Waals surface area (Å²) < 4.78 is 21.4. The lowest BCUT2D eigenvalue weighted by Gasteiger charge is -1.85. The van der Waals surface area contributed by atoms with E-state index in [0.29, 0.717) is 22.7 Å². The van der Waals surface area contributed by atoms with Crippen molar-refractivity contribution in [2.75, 3.05) is 11.5 Å². The summed E-state index contributed by atoms with van der Waals surface area (Å²) in [6.45, 7) is 0. The van der Waals surface area contributed by atoms with Gasteiger partial charge in [-0.25, -0.2) is 9.05 Å². The molecular formula is C8H6N4O7PS2+. The van der Waals surface area contributed by atoms with E-state index in [-0.39, 0.29) is 31.5 Å². The molecule has 0 spiro atoms. The van der Waals surface area contributed by atoms with Gasteiger partial charge in [-0.1, -0.05) is 22.7 Å². The van der Waals surface area contributed by atoms with Crippen molar-refractivity contribution in [2.24, 2.45) is 0 Å². The molecule has 0 unspecified atom stereocenters. The first-order valence-corrected chi connectivity index (χ1v) is 7.91. The topological polar surface area (TPSA) is 174 Å². The first-order valence-electron chi connectivity index (χ1n) is 5.18. The van der Waals surface area contributed by atoms with E-state index in [4.69, 9.17) is 20.5 Å². The highest BCUT2D eigenvalue weighted by molar-refractivity contribution is 7.36. The van der Waals surface area contributed by atoms with E-state index in [1.165, 1.54) is 0 Å². The lowest BCUT2D eigenvalue weighted by Crippen LogP contribution is -1.89. The summed E-state index contributed by atoms with van der Waals surface area (Å²) in [6, 6.07) is 2.00. The number of rotatable bonds is 6. The van der Waals surface area contributed by atoms with Crippen molar-refractivity contribution in [3.63, 3.8) is 0 Å². The van der Waals surface area contributed by atoms with Crippen LogP contribution in [0.3, 0.4) is 0 Å². The molecule has 0 radical (unpaired) electrons. The Morgan fingerprint density at radius 3 is 1.59 bits per heavy atom. The average molecular weight is 365 g/mol. The second-order valence-electron chi connectivity index (χ2n) is 3.55. The van der Waals surface area contributed by atoms with Crippen molar-refractivity contribution in [1.82, 2.24) is 0 Å². The standard InChI is InChI=1S/C8H6N4O7PS2/c9-7-3(11(13)14)1-5(21-7)18-20(17)19-6-2-4(12(15)16)8(10)22-6/h1-2H,9-10H2/q+1. The van der Waals surface area contributed by atoms with Gasteiger partial charge in [-0.3, -0.25) is 20.2 Å². The van der Waals surface area contributed by atoms with Crippen LogP contribution in [0.15, 0.2) is 12.1 Å². The highest BCUT2D eigenvalue weighted by Gasteiger charge is 2.31. The summed E-state index contributed by atoms with van der Waals surface area (Å²) >= 11 is 1.43. The van der Waals surface area contributed by atoms with E-state index in [1.54, 1.807) is 0 Å². The highest BCUT2D eigenvalue weighted by atomic mass is 32.1. The molecular weight excluding hydrogens is 359 g/mol. The van der Waals surface area contributed by atoms with Gasteiger partial charge in [0.05, 0.1) is 22.0 Å². The molecule has 11 nitrogen and oxygen atoms in total. The van der Waals surface area contributed by atoms with Crippen LogP contribution in [0.2, 0.25) is 0 Å². The molecule has 0 saturated carbocycles. The molecule has 0 amide bonds. The Morgan fingerprint density at radius 1 is 0.955 bits per heavy atom. The maximum Gasteiger partial charge on any atom is 0.807 e. The van der Waals surface area contributed by atoms with Crippen LogP contribution in [0.1, 0.15) is 0 Å². The van der Waals surface area contributed by atoms with Gasteiger partial charge in [-0.15, -0.1) is 0 Å². The molecule has 0 aliphatic rings. The van der Waals surface area contributed by atoms with Crippen molar-refractivity contribution in [1.29, 1.82) is 0 Å². The molecule has 116 valence electrons. The Kier molecular flexibility index (Phi) is 4.40. The van der Waals surface area contributed by atoms with Crippen LogP contribution in [0.25, 0.3) is 0 Å². The van der Waals surface area contributed by atoms with Gasteiger partial charge in [0.25, 0.3) is 10.1 Å². The van der Waals surface area contributed by atoms with E-state index in [1.807, 2.05) is 0 Å². The van der Waals surface area contributed by atoms with Crippen LogP contribution in [-0.4, -0.2) is 9.85 Å². The van der Waals surface area contributed by atoms with Gasteiger partial charge in [0.15, 0.2) is 10.0 Å². The summed E-state index contributed by atoms with van der Waals surface area (Å²) in [7, 11) is -2.76. The number of nitrogen functional groups attached to an aromatic ring is 2. The molecule has 0 aromatic carbocycles. The molecule has 4 N–H and O–H groups in total. The van der Waals surface area contributed by atoms with Crippen LogP contribution in [0, 0.1) is 20.2 Å². The summed E-state index contributed by atoms with van der Waals surface area (Å²) in [5.74, 6) is 0. The average Bonchev–Trinajstić information content (AvgIpc) is 2.92. The van der Waals surface area contributed by atoms with Gasteiger partial charge in [0.1, 0.15) is 0 Å². The van der Waals surface area contributed by atoms with Crippen molar-refractivity contribution < 1.29 is 23.5 Å². The minimum Gasteiger partial charge on any atom is -0.385 e. The fourth-order valence-corrected chi connectivity index (χ4v) is 3.64. The fraction of sp³-hybridized carbons (Fsp3) is 0. The van der Waals surface area contributed by atoms with Crippen molar-refractivity contribution in [3.8, 4) is 10.1 Å². The molecule has 2 aromatic rings. The Balaban J connectivity index is 2.07. The van der Waals surface area contributed by atoms with Crippen LogP contribution in [-0.2, 0) is 4.57 Å². The van der Waals surface area contributed by atoms with Gasteiger partial charge in [0, 0.05) is 4.57 Å². The fourth-order valence-electron chi connectivity index (χ4n) is 1.29. The molecule has 0 fully saturated rings. The quantitative estimate of drug-likeness (QED) is 0.443. The van der Waals surface area contributed by atoms with Crippen molar-refractivity contribution in [3.05, 3.63) is 32.4 Å². The summed E-state index contributed by atoms with van der Waals surface area (Å²) in [5.41, 5.74) is 10.0. The number of nitrogens with two attached hydrogens (primary N) is 2. The van der Waals surface area contributed by atoms with E-state index in [9.17, 15) is 24.8 Å². The van der Waals surface area contributed by atoms with Crippen LogP contribution >= 0.6 is 30.9 Å². The van der Waals surface area contributed by atoms with Gasteiger partial charge in [0.2, 0.25) is 0 Å². The van der Waals surface area contributed by atoms with E-state index in [2.05, 4.69) is 0 Å². The van der Waals surface area contributed by atoms with E-state index < -0.39 is 18.1 Å². The summed E-state index contributed by atoms with van der Waals surface area (Å²) in [6.07, 6.45) is 0. The van der Waals surface area contributed by atoms with Gasteiger partial charge >= 0.3 is 19.6 Å². The molecule has 0 aliphatic heterocycles. The van der Waals surface area contributed by atoms with Crippen LogP contribution in [0.4, 0.5) is 21.4 Å². The smallest absolute Gasteiger partial charge is 0.385 e. The molecule has 0 aliphatic carbocycles. The zero-order valence-corrected chi connectivity index (χ0v) is 12.9. The minimum atomic E-state index is -2.76. The molecule has 22 heavy (non-hydrogen) atoms. The third-order valence-corrected chi connectivity index (χ3v) is 4.76. The molecule has 2 rings (SSSR count). The Labute approximate surface area is 130 Å². The predicted molar refractivity (Wildman–Crippen MR) is 79.6 cm³/mol. The lowest BCUT2D eigenvalue weighted by molar-refractivity contribution is -0.383. The third kappa shape index (κ3) is 3.39. The summed E-state index contributed by atoms with van der Waals surface area (Å²) in [5, 5.41) is 20.8. The summed E-state index contributed by atoms with van der Waals surface area (Å²) in [4.78, 5) is 19.8. The number of anilines is 2. The molecule has 0 atom stereocenters. The normalized spacial score (nSPS) is 10.2. The van der Waals surface area contributed by atoms with Crippen LogP contribution in [0.5, 0.6) is 10.1 Å². The van der Waals surface area contributed by atoms with Gasteiger partial charge in [-0.05, 0) is 0 Å². The van der Waals surface area contributed by atoms with Gasteiger partial charge < -0.3 is 11.5 Å². The Morgan fingerprint density at radius 2 is 1.32 bits per heavy atom. The van der Waals surface area contributed by atoms with E-state index >= 15 is 0 Å². The molecule has 14 heteroatoms. The van der Waals surface area contributed by atoms with E-state index in [0.717, 1.165) is 12.1 Å². The second kappa shape index (κ2) is 6.09. The Hall–Kier alpha value is -2.50. The zero-order chi connectivity index (χ0) is 16.4. The monoisotopic (exact) mass is 365 g/mol. The maximum atomic E-state index is 11.7. The minimum absolute atomic E-state index is 0.0793. The number of nitrogens with zero attached hydrogens (tertiary/aromatic N) is 2. The number of thiophene rings is 2. The number of hydrogen-bond acceptors (Lipinski definition) is 11. The SMILES string of the molecule is Nc1sc(O[P+](=O)Oc2cc([N+](=O)[O-])c(N)s2)cc1[N+](=O)[O-]. The predicted octanol–water partition coefficient (Wildman–Crippen LogP) is 2.91. The largest absolute Gasteiger partial charge is 0.807 e. The molecule has 0 saturated heterocycles. The Bertz CT molecular complexity index is 710. The van der Waals surface area contributed by atoms with Crippen molar-refractivity contribution >= 4 is 52.3 Å². The molecule has 2 heterocycles. The second-order valence-corrected chi connectivity index (χ2v) is 6.46. The van der Waals surface area contributed by atoms with Gasteiger partial charge in [-0.2, -0.15) is 0 Å². The van der Waals surface area contributed by atoms with Crippen molar-refractivity contribution in [2.45, 2.75) is 0 Å². The third-order valence-electron chi connectivity index (χ3n) is 2.16.